The van der Waals surface area contributed by atoms with Crippen molar-refractivity contribution in [1.29, 1.82) is 0 Å². The molecule has 0 aromatic heterocycles. The predicted octanol–water partition coefficient (Wildman–Crippen LogP) is 2.39. The van der Waals surface area contributed by atoms with Crippen molar-refractivity contribution in [1.82, 2.24) is 5.32 Å². The predicted molar refractivity (Wildman–Crippen MR) is 80.3 cm³/mol. The second-order valence-corrected chi connectivity index (χ2v) is 5.65. The first-order valence-corrected chi connectivity index (χ1v) is 6.91. The smallest absolute Gasteiger partial charge is 0.313 e. The topological polar surface area (TPSA) is 58.2 Å². The zero-order chi connectivity index (χ0) is 13.5. The minimum Gasteiger partial charge on any atom is -0.348 e. The first kappa shape index (κ1) is 14.9. The van der Waals surface area contributed by atoms with Crippen LogP contribution in [0.15, 0.2) is 24.3 Å². The van der Waals surface area contributed by atoms with E-state index in [1.807, 2.05) is 12.1 Å². The Bertz CT molecular complexity index is 416. The molecule has 0 aliphatic rings. The fourth-order valence-corrected chi connectivity index (χ4v) is 1.64. The van der Waals surface area contributed by atoms with Gasteiger partial charge in [0, 0.05) is 15.8 Å². The number of benzene rings is 1. The Hall–Kier alpha value is -1.11. The monoisotopic (exact) mass is 360 g/mol. The SMILES string of the molecule is CC(C)CCNC(=O)C(=O)Nc1ccc(I)cc1. The summed E-state index contributed by atoms with van der Waals surface area (Å²) in [6.07, 6.45) is 0.864. The van der Waals surface area contributed by atoms with Gasteiger partial charge >= 0.3 is 11.8 Å². The Morgan fingerprint density at radius 2 is 1.78 bits per heavy atom. The molecule has 0 saturated carbocycles. The van der Waals surface area contributed by atoms with Gasteiger partial charge in [-0.1, -0.05) is 13.8 Å². The molecule has 1 rings (SSSR count). The van der Waals surface area contributed by atoms with Crippen molar-refractivity contribution in [3.8, 4) is 0 Å². The van der Waals surface area contributed by atoms with E-state index in [0.29, 0.717) is 18.2 Å². The van der Waals surface area contributed by atoms with Crippen molar-refractivity contribution >= 4 is 40.1 Å². The standard InChI is InChI=1S/C13H17IN2O2/c1-9(2)7-8-15-12(17)13(18)16-11-5-3-10(14)4-6-11/h3-6,9H,7-8H2,1-2H3,(H,15,17)(H,16,18). The number of carbonyl (C=O) groups is 2. The normalized spacial score (nSPS) is 10.2. The third-order valence-corrected chi connectivity index (χ3v) is 3.03. The molecule has 0 atom stereocenters. The lowest BCUT2D eigenvalue weighted by Crippen LogP contribution is -2.36. The van der Waals surface area contributed by atoms with E-state index in [2.05, 4.69) is 47.1 Å². The highest BCUT2D eigenvalue weighted by Crippen LogP contribution is 2.10. The largest absolute Gasteiger partial charge is 0.348 e. The molecule has 0 fully saturated rings. The maximum absolute atomic E-state index is 11.5. The number of carbonyl (C=O) groups excluding carboxylic acids is 2. The molecular weight excluding hydrogens is 343 g/mol. The van der Waals surface area contributed by atoms with Crippen molar-refractivity contribution in [2.24, 2.45) is 5.92 Å². The molecule has 0 heterocycles. The van der Waals surface area contributed by atoms with Crippen molar-refractivity contribution in [3.63, 3.8) is 0 Å². The van der Waals surface area contributed by atoms with Gasteiger partial charge in [-0.3, -0.25) is 9.59 Å². The third kappa shape index (κ3) is 5.48. The number of rotatable bonds is 4. The van der Waals surface area contributed by atoms with Crippen molar-refractivity contribution in [3.05, 3.63) is 27.8 Å². The third-order valence-electron chi connectivity index (χ3n) is 2.32. The zero-order valence-electron chi connectivity index (χ0n) is 10.5. The van der Waals surface area contributed by atoms with Gasteiger partial charge in [0.2, 0.25) is 0 Å². The molecule has 0 unspecified atom stereocenters. The summed E-state index contributed by atoms with van der Waals surface area (Å²) in [4.78, 5) is 23.0. The number of amides is 2. The van der Waals surface area contributed by atoms with Crippen LogP contribution in [0.1, 0.15) is 20.3 Å². The molecule has 0 spiro atoms. The van der Waals surface area contributed by atoms with E-state index in [1.165, 1.54) is 0 Å². The van der Waals surface area contributed by atoms with Crippen LogP contribution in [0.4, 0.5) is 5.69 Å². The lowest BCUT2D eigenvalue weighted by molar-refractivity contribution is -0.136. The molecule has 2 N–H and O–H groups in total. The van der Waals surface area contributed by atoms with Gasteiger partial charge in [0.1, 0.15) is 0 Å². The van der Waals surface area contributed by atoms with Gasteiger partial charge in [-0.2, -0.15) is 0 Å². The van der Waals surface area contributed by atoms with Gasteiger partial charge in [-0.15, -0.1) is 0 Å². The molecule has 0 bridgehead atoms. The van der Waals surface area contributed by atoms with Crippen LogP contribution in [-0.2, 0) is 9.59 Å². The molecule has 98 valence electrons. The zero-order valence-corrected chi connectivity index (χ0v) is 12.7. The molecule has 0 radical (unpaired) electrons. The molecule has 1 aromatic rings. The molecule has 2 amide bonds. The maximum atomic E-state index is 11.5. The summed E-state index contributed by atoms with van der Waals surface area (Å²) in [5.41, 5.74) is 0.624. The number of hydrogen-bond acceptors (Lipinski definition) is 2. The van der Waals surface area contributed by atoms with E-state index in [1.54, 1.807) is 12.1 Å². The summed E-state index contributed by atoms with van der Waals surface area (Å²) in [6, 6.07) is 7.27. The van der Waals surface area contributed by atoms with Crippen LogP contribution in [0.25, 0.3) is 0 Å². The van der Waals surface area contributed by atoms with E-state index < -0.39 is 11.8 Å². The van der Waals surface area contributed by atoms with Crippen LogP contribution >= 0.6 is 22.6 Å². The highest BCUT2D eigenvalue weighted by Gasteiger charge is 2.12. The molecule has 1 aromatic carbocycles. The average molecular weight is 360 g/mol. The highest BCUT2D eigenvalue weighted by atomic mass is 127. The van der Waals surface area contributed by atoms with Gasteiger partial charge in [-0.05, 0) is 59.2 Å². The van der Waals surface area contributed by atoms with Gasteiger partial charge in [0.25, 0.3) is 0 Å². The molecule has 5 heteroatoms. The fraction of sp³-hybridized carbons (Fsp3) is 0.385. The van der Waals surface area contributed by atoms with Crippen LogP contribution in [0.5, 0.6) is 0 Å². The minimum absolute atomic E-state index is 0.504. The molecule has 0 aliphatic carbocycles. The van der Waals surface area contributed by atoms with E-state index in [4.69, 9.17) is 0 Å². The molecule has 0 saturated heterocycles. The summed E-state index contributed by atoms with van der Waals surface area (Å²) < 4.78 is 1.08. The lowest BCUT2D eigenvalue weighted by Gasteiger charge is -2.07. The summed E-state index contributed by atoms with van der Waals surface area (Å²) in [7, 11) is 0. The lowest BCUT2D eigenvalue weighted by atomic mass is 10.1. The highest BCUT2D eigenvalue weighted by molar-refractivity contribution is 14.1. The Morgan fingerprint density at radius 1 is 1.17 bits per heavy atom. The van der Waals surface area contributed by atoms with Crippen LogP contribution in [0.2, 0.25) is 0 Å². The van der Waals surface area contributed by atoms with Crippen molar-refractivity contribution < 1.29 is 9.59 Å². The van der Waals surface area contributed by atoms with Crippen LogP contribution in [-0.4, -0.2) is 18.4 Å². The number of hydrogen-bond donors (Lipinski definition) is 2. The Kier molecular flexibility index (Phi) is 6.11. The van der Waals surface area contributed by atoms with E-state index >= 15 is 0 Å². The summed E-state index contributed by atoms with van der Waals surface area (Å²) in [5.74, 6) is -0.710. The fourth-order valence-electron chi connectivity index (χ4n) is 1.28. The van der Waals surface area contributed by atoms with Gasteiger partial charge in [0.15, 0.2) is 0 Å². The average Bonchev–Trinajstić information content (AvgIpc) is 2.31. The molecule has 4 nitrogen and oxygen atoms in total. The summed E-state index contributed by atoms with van der Waals surface area (Å²) >= 11 is 2.18. The van der Waals surface area contributed by atoms with Crippen LogP contribution in [0, 0.1) is 9.49 Å². The van der Waals surface area contributed by atoms with E-state index in [0.717, 1.165) is 9.99 Å². The summed E-state index contributed by atoms with van der Waals surface area (Å²) in [5, 5.41) is 5.15. The van der Waals surface area contributed by atoms with Crippen molar-refractivity contribution in [2.75, 3.05) is 11.9 Å². The van der Waals surface area contributed by atoms with Gasteiger partial charge in [-0.25, -0.2) is 0 Å². The second kappa shape index (κ2) is 7.35. The number of anilines is 1. The second-order valence-electron chi connectivity index (χ2n) is 4.40. The molecule has 18 heavy (non-hydrogen) atoms. The Balaban J connectivity index is 2.40. The first-order chi connectivity index (χ1) is 8.49. The molecular formula is C13H17IN2O2. The van der Waals surface area contributed by atoms with Crippen molar-refractivity contribution in [2.45, 2.75) is 20.3 Å². The molecule has 0 aliphatic heterocycles. The van der Waals surface area contributed by atoms with E-state index in [9.17, 15) is 9.59 Å². The Morgan fingerprint density at radius 3 is 2.33 bits per heavy atom. The quantitative estimate of drug-likeness (QED) is 0.640. The summed E-state index contributed by atoms with van der Waals surface area (Å²) in [6.45, 7) is 4.66. The number of halogens is 1. The van der Waals surface area contributed by atoms with Crippen LogP contribution in [0.3, 0.4) is 0 Å². The van der Waals surface area contributed by atoms with Crippen LogP contribution < -0.4 is 10.6 Å². The number of nitrogens with one attached hydrogen (secondary N) is 2. The van der Waals surface area contributed by atoms with E-state index in [-0.39, 0.29) is 0 Å². The minimum atomic E-state index is -0.625. The first-order valence-electron chi connectivity index (χ1n) is 5.84. The Labute approximate surface area is 121 Å². The maximum Gasteiger partial charge on any atom is 0.313 e. The van der Waals surface area contributed by atoms with Gasteiger partial charge < -0.3 is 10.6 Å². The van der Waals surface area contributed by atoms with Gasteiger partial charge in [0.05, 0.1) is 0 Å².